The maximum Gasteiger partial charge on any atom is 0.344 e. The van der Waals surface area contributed by atoms with E-state index in [1.807, 2.05) is 12.1 Å². The maximum absolute atomic E-state index is 11.9. The zero-order valence-corrected chi connectivity index (χ0v) is 15.8. The van der Waals surface area contributed by atoms with Crippen LogP contribution in [0.1, 0.15) is 5.56 Å². The van der Waals surface area contributed by atoms with Gasteiger partial charge in [0, 0.05) is 4.47 Å². The fourth-order valence-electron chi connectivity index (χ4n) is 2.12. The summed E-state index contributed by atoms with van der Waals surface area (Å²) in [4.78, 5) is 11.9. The lowest BCUT2D eigenvalue weighted by molar-refractivity contribution is -0.147. The SMILES string of the molecule is COc1cc(COC(=O)COc2cccc(Br)c2)cc(OC)c1OC. The Balaban J connectivity index is 1.95. The van der Waals surface area contributed by atoms with Crippen LogP contribution in [0.4, 0.5) is 0 Å². The van der Waals surface area contributed by atoms with Crippen molar-refractivity contribution in [2.75, 3.05) is 27.9 Å². The first-order valence-electron chi connectivity index (χ1n) is 7.40. The number of hydrogen-bond acceptors (Lipinski definition) is 6. The summed E-state index contributed by atoms with van der Waals surface area (Å²) in [5.74, 6) is 1.59. The lowest BCUT2D eigenvalue weighted by Crippen LogP contribution is -2.14. The number of esters is 1. The molecule has 0 N–H and O–H groups in total. The van der Waals surface area contributed by atoms with Crippen molar-refractivity contribution in [3.8, 4) is 23.0 Å². The number of hydrogen-bond donors (Lipinski definition) is 0. The van der Waals surface area contributed by atoms with E-state index in [0.29, 0.717) is 28.6 Å². The largest absolute Gasteiger partial charge is 0.493 e. The van der Waals surface area contributed by atoms with Crippen LogP contribution >= 0.6 is 15.9 Å². The van der Waals surface area contributed by atoms with E-state index in [2.05, 4.69) is 15.9 Å². The maximum atomic E-state index is 11.9. The second-order valence-electron chi connectivity index (χ2n) is 4.94. The van der Waals surface area contributed by atoms with Crippen molar-refractivity contribution < 1.29 is 28.5 Å². The van der Waals surface area contributed by atoms with E-state index in [-0.39, 0.29) is 13.2 Å². The zero-order chi connectivity index (χ0) is 18.2. The van der Waals surface area contributed by atoms with Crippen LogP contribution in [0, 0.1) is 0 Å². The van der Waals surface area contributed by atoms with Crippen LogP contribution < -0.4 is 18.9 Å². The summed E-state index contributed by atoms with van der Waals surface area (Å²) in [7, 11) is 4.58. The topological polar surface area (TPSA) is 63.2 Å². The molecule has 0 saturated heterocycles. The van der Waals surface area contributed by atoms with E-state index in [4.69, 9.17) is 23.7 Å². The molecule has 0 atom stereocenters. The number of carbonyl (C=O) groups is 1. The van der Waals surface area contributed by atoms with Crippen molar-refractivity contribution in [2.45, 2.75) is 6.61 Å². The Morgan fingerprint density at radius 2 is 1.68 bits per heavy atom. The van der Waals surface area contributed by atoms with Gasteiger partial charge in [-0.15, -0.1) is 0 Å². The van der Waals surface area contributed by atoms with Gasteiger partial charge in [0.05, 0.1) is 21.3 Å². The third-order valence-corrected chi connectivity index (χ3v) is 3.77. The molecular formula is C18H19BrO6. The van der Waals surface area contributed by atoms with Crippen molar-refractivity contribution in [1.29, 1.82) is 0 Å². The summed E-state index contributed by atoms with van der Waals surface area (Å²) in [6, 6.07) is 10.7. The Hall–Kier alpha value is -2.41. The molecule has 2 rings (SSSR count). The van der Waals surface area contributed by atoms with Gasteiger partial charge < -0.3 is 23.7 Å². The molecule has 0 unspecified atom stereocenters. The molecule has 134 valence electrons. The number of carbonyl (C=O) groups excluding carboxylic acids is 1. The lowest BCUT2D eigenvalue weighted by Gasteiger charge is -2.14. The summed E-state index contributed by atoms with van der Waals surface area (Å²) in [6.45, 7) is -0.113. The molecule has 0 aliphatic heterocycles. The van der Waals surface area contributed by atoms with E-state index in [1.165, 1.54) is 21.3 Å². The van der Waals surface area contributed by atoms with Gasteiger partial charge in [-0.25, -0.2) is 4.79 Å². The molecule has 0 aliphatic rings. The summed E-state index contributed by atoms with van der Waals surface area (Å²) in [6.07, 6.45) is 0. The molecule has 2 aromatic rings. The first-order chi connectivity index (χ1) is 12.1. The number of ether oxygens (including phenoxy) is 5. The van der Waals surface area contributed by atoms with Crippen molar-refractivity contribution in [2.24, 2.45) is 0 Å². The van der Waals surface area contributed by atoms with Gasteiger partial charge in [0.2, 0.25) is 5.75 Å². The number of benzene rings is 2. The van der Waals surface area contributed by atoms with E-state index in [9.17, 15) is 4.79 Å². The minimum absolute atomic E-state index is 0.0669. The summed E-state index contributed by atoms with van der Waals surface area (Å²) in [5.41, 5.74) is 0.713. The minimum atomic E-state index is -0.478. The van der Waals surface area contributed by atoms with Gasteiger partial charge in [0.15, 0.2) is 18.1 Å². The van der Waals surface area contributed by atoms with Crippen molar-refractivity contribution in [3.63, 3.8) is 0 Å². The standard InChI is InChI=1S/C18H19BrO6/c1-21-15-7-12(8-16(22-2)18(15)23-3)10-25-17(20)11-24-14-6-4-5-13(19)9-14/h4-9H,10-11H2,1-3H3. The minimum Gasteiger partial charge on any atom is -0.493 e. The predicted molar refractivity (Wildman–Crippen MR) is 95.5 cm³/mol. The molecule has 0 radical (unpaired) electrons. The molecule has 6 nitrogen and oxygen atoms in total. The summed E-state index contributed by atoms with van der Waals surface area (Å²) < 4.78 is 27.3. The van der Waals surface area contributed by atoms with Crippen molar-refractivity contribution >= 4 is 21.9 Å². The third kappa shape index (κ3) is 5.29. The van der Waals surface area contributed by atoms with Crippen LogP contribution in [0.5, 0.6) is 23.0 Å². The molecule has 0 bridgehead atoms. The lowest BCUT2D eigenvalue weighted by atomic mass is 10.2. The molecule has 0 saturated carbocycles. The van der Waals surface area contributed by atoms with Gasteiger partial charge in [-0.05, 0) is 35.9 Å². The highest BCUT2D eigenvalue weighted by atomic mass is 79.9. The van der Waals surface area contributed by atoms with Crippen LogP contribution in [0.15, 0.2) is 40.9 Å². The quantitative estimate of drug-likeness (QED) is 0.619. The zero-order valence-electron chi connectivity index (χ0n) is 14.2. The fraction of sp³-hybridized carbons (Fsp3) is 0.278. The van der Waals surface area contributed by atoms with Crippen LogP contribution in [0.2, 0.25) is 0 Å². The summed E-state index contributed by atoms with van der Waals surface area (Å²) in [5, 5.41) is 0. The molecule has 0 spiro atoms. The van der Waals surface area contributed by atoms with Crippen molar-refractivity contribution in [1.82, 2.24) is 0 Å². The van der Waals surface area contributed by atoms with E-state index in [0.717, 1.165) is 4.47 Å². The predicted octanol–water partition coefficient (Wildman–Crippen LogP) is 3.60. The van der Waals surface area contributed by atoms with E-state index < -0.39 is 5.97 Å². The average Bonchev–Trinajstić information content (AvgIpc) is 2.63. The van der Waals surface area contributed by atoms with E-state index in [1.54, 1.807) is 24.3 Å². The Morgan fingerprint density at radius 1 is 1.00 bits per heavy atom. The Morgan fingerprint density at radius 3 is 2.24 bits per heavy atom. The second-order valence-corrected chi connectivity index (χ2v) is 5.86. The number of methoxy groups -OCH3 is 3. The highest BCUT2D eigenvalue weighted by molar-refractivity contribution is 9.10. The Kier molecular flexibility index (Phi) is 6.94. The first-order valence-corrected chi connectivity index (χ1v) is 8.19. The van der Waals surface area contributed by atoms with E-state index >= 15 is 0 Å². The number of rotatable bonds is 8. The fourth-order valence-corrected chi connectivity index (χ4v) is 2.50. The molecule has 0 fully saturated rings. The molecule has 0 amide bonds. The molecule has 0 aliphatic carbocycles. The molecule has 25 heavy (non-hydrogen) atoms. The van der Waals surface area contributed by atoms with Crippen LogP contribution in [0.25, 0.3) is 0 Å². The van der Waals surface area contributed by atoms with Gasteiger partial charge in [0.1, 0.15) is 12.4 Å². The van der Waals surface area contributed by atoms with Gasteiger partial charge in [-0.3, -0.25) is 0 Å². The highest BCUT2D eigenvalue weighted by Crippen LogP contribution is 2.38. The third-order valence-electron chi connectivity index (χ3n) is 3.28. The molecular weight excluding hydrogens is 392 g/mol. The Labute approximate surface area is 154 Å². The van der Waals surface area contributed by atoms with Gasteiger partial charge >= 0.3 is 5.97 Å². The molecule has 0 heterocycles. The van der Waals surface area contributed by atoms with Crippen molar-refractivity contribution in [3.05, 3.63) is 46.4 Å². The van der Waals surface area contributed by atoms with Gasteiger partial charge in [0.25, 0.3) is 0 Å². The first kappa shape index (κ1) is 18.9. The normalized spacial score (nSPS) is 10.1. The van der Waals surface area contributed by atoms with Gasteiger partial charge in [-0.2, -0.15) is 0 Å². The number of halogens is 1. The van der Waals surface area contributed by atoms with Gasteiger partial charge in [-0.1, -0.05) is 22.0 Å². The molecule has 2 aromatic carbocycles. The second kappa shape index (κ2) is 9.17. The molecule has 0 aromatic heterocycles. The highest BCUT2D eigenvalue weighted by Gasteiger charge is 2.14. The van der Waals surface area contributed by atoms with Crippen LogP contribution in [-0.4, -0.2) is 33.9 Å². The van der Waals surface area contributed by atoms with Crippen LogP contribution in [0.3, 0.4) is 0 Å². The Bertz CT molecular complexity index is 706. The molecule has 7 heteroatoms. The summed E-state index contributed by atoms with van der Waals surface area (Å²) >= 11 is 3.34. The van der Waals surface area contributed by atoms with Crippen LogP contribution in [-0.2, 0) is 16.1 Å². The average molecular weight is 411 g/mol. The monoisotopic (exact) mass is 410 g/mol. The smallest absolute Gasteiger partial charge is 0.344 e.